The average Bonchev–Trinajstić information content (AvgIpc) is 3.66. The molecule has 1 aromatic heterocycles. The van der Waals surface area contributed by atoms with Gasteiger partial charge in [-0.15, -0.1) is 0 Å². The fourth-order valence-corrected chi connectivity index (χ4v) is 5.04. The Bertz CT molecular complexity index is 1580. The molecular weight excluding hydrogens is 606 g/mol. The van der Waals surface area contributed by atoms with Crippen molar-refractivity contribution in [1.82, 2.24) is 14.8 Å². The number of ether oxygens (including phenoxy) is 2. The highest BCUT2D eigenvalue weighted by Crippen LogP contribution is 2.23. The predicted octanol–water partition coefficient (Wildman–Crippen LogP) is 6.05. The second-order valence-electron chi connectivity index (χ2n) is 13.6. The number of pyridine rings is 1. The number of amidine groups is 2. The fraction of sp³-hybridized carbons (Fsp3) is 0.378. The summed E-state index contributed by atoms with van der Waals surface area (Å²) < 4.78 is 11.5. The summed E-state index contributed by atoms with van der Waals surface area (Å²) in [7, 11) is 0. The van der Waals surface area contributed by atoms with Gasteiger partial charge in [-0.3, -0.25) is 29.8 Å². The molecule has 11 nitrogen and oxygen atoms in total. The Hall–Kier alpha value is -5.19. The van der Waals surface area contributed by atoms with Gasteiger partial charge in [-0.1, -0.05) is 66.7 Å². The van der Waals surface area contributed by atoms with Crippen LogP contribution < -0.4 is 0 Å². The highest BCUT2D eigenvalue weighted by molar-refractivity contribution is 6.09. The van der Waals surface area contributed by atoms with Gasteiger partial charge >= 0.3 is 12.2 Å². The third kappa shape index (κ3) is 9.43. The number of rotatable bonds is 8. The van der Waals surface area contributed by atoms with Crippen LogP contribution in [0.25, 0.3) is 0 Å². The van der Waals surface area contributed by atoms with E-state index in [9.17, 15) is 9.59 Å². The maximum absolute atomic E-state index is 13.4. The molecule has 2 aromatic carbocycles. The summed E-state index contributed by atoms with van der Waals surface area (Å²) >= 11 is 0. The van der Waals surface area contributed by atoms with Crippen molar-refractivity contribution in [3.63, 3.8) is 0 Å². The van der Waals surface area contributed by atoms with Crippen molar-refractivity contribution in [1.29, 1.82) is 0 Å². The van der Waals surface area contributed by atoms with E-state index in [-0.39, 0.29) is 25.2 Å². The smallest absolute Gasteiger partial charge is 0.416 e. The number of hydrogen-bond donors (Lipinski definition) is 0. The second-order valence-corrected chi connectivity index (χ2v) is 13.6. The molecule has 250 valence electrons. The zero-order chi connectivity index (χ0) is 34.3. The lowest BCUT2D eigenvalue weighted by molar-refractivity contribution is 0.0367. The Kier molecular flexibility index (Phi) is 10.5. The van der Waals surface area contributed by atoms with E-state index in [0.717, 1.165) is 11.1 Å². The van der Waals surface area contributed by atoms with Gasteiger partial charge in [0.05, 0.1) is 38.3 Å². The SMILES string of the molecule is CC(C)(C)OC(=O)N1C[C@H](CN=Cc2ccccc2)N=C1c1cccc(C2=N[C@@H](CN=Cc3ccccc3)CN2C(=O)OC(C)(C)C)n1. The average molecular weight is 650 g/mol. The molecule has 48 heavy (non-hydrogen) atoms. The summed E-state index contributed by atoms with van der Waals surface area (Å²) in [6, 6.07) is 24.4. The summed E-state index contributed by atoms with van der Waals surface area (Å²) in [5.74, 6) is 0.745. The van der Waals surface area contributed by atoms with Crippen molar-refractivity contribution in [3.8, 4) is 0 Å². The topological polar surface area (TPSA) is 121 Å². The summed E-state index contributed by atoms with van der Waals surface area (Å²) in [5, 5.41) is 0. The molecule has 0 spiro atoms. The van der Waals surface area contributed by atoms with Crippen molar-refractivity contribution < 1.29 is 19.1 Å². The molecule has 0 fully saturated rings. The molecule has 0 saturated carbocycles. The van der Waals surface area contributed by atoms with Gasteiger partial charge in [0.25, 0.3) is 0 Å². The molecule has 3 heterocycles. The Balaban J connectivity index is 1.43. The molecule has 2 aliphatic rings. The van der Waals surface area contributed by atoms with Gasteiger partial charge in [-0.25, -0.2) is 14.6 Å². The van der Waals surface area contributed by atoms with Crippen LogP contribution in [0.2, 0.25) is 0 Å². The van der Waals surface area contributed by atoms with Crippen LogP contribution in [0.3, 0.4) is 0 Å². The molecule has 5 rings (SSSR count). The van der Waals surface area contributed by atoms with E-state index in [1.165, 1.54) is 9.80 Å². The van der Waals surface area contributed by atoms with Crippen molar-refractivity contribution in [3.05, 3.63) is 101 Å². The minimum absolute atomic E-state index is 0.286. The molecule has 0 N–H and O–H groups in total. The molecule has 0 saturated heterocycles. The summed E-state index contributed by atoms with van der Waals surface area (Å²) in [6.45, 7) is 12.3. The largest absolute Gasteiger partial charge is 0.443 e. The van der Waals surface area contributed by atoms with E-state index in [1.807, 2.05) is 108 Å². The van der Waals surface area contributed by atoms with Gasteiger partial charge in [-0.2, -0.15) is 0 Å². The van der Waals surface area contributed by atoms with Crippen LogP contribution in [0.1, 0.15) is 64.1 Å². The number of benzene rings is 2. The monoisotopic (exact) mass is 649 g/mol. The first-order valence-electron chi connectivity index (χ1n) is 16.1. The molecule has 11 heteroatoms. The highest BCUT2D eigenvalue weighted by atomic mass is 16.6. The molecule has 0 unspecified atom stereocenters. The van der Waals surface area contributed by atoms with Crippen LogP contribution >= 0.6 is 0 Å². The first kappa shape index (κ1) is 34.2. The number of aliphatic imine (C=N–C) groups is 4. The quantitative estimate of drug-likeness (QED) is 0.275. The molecule has 3 aromatic rings. The Morgan fingerprint density at radius 3 is 1.44 bits per heavy atom. The van der Waals surface area contributed by atoms with Gasteiger partial charge in [-0.05, 0) is 64.8 Å². The molecule has 2 aliphatic heterocycles. The van der Waals surface area contributed by atoms with Gasteiger partial charge in [0, 0.05) is 12.4 Å². The zero-order valence-corrected chi connectivity index (χ0v) is 28.4. The number of hydrogen-bond acceptors (Lipinski definition) is 9. The van der Waals surface area contributed by atoms with E-state index >= 15 is 0 Å². The number of amides is 2. The molecule has 0 bridgehead atoms. The van der Waals surface area contributed by atoms with Crippen molar-refractivity contribution >= 4 is 36.3 Å². The van der Waals surface area contributed by atoms with E-state index in [2.05, 4.69) is 9.98 Å². The third-order valence-electron chi connectivity index (χ3n) is 7.05. The minimum atomic E-state index is -0.703. The van der Waals surface area contributed by atoms with Crippen molar-refractivity contribution in [2.45, 2.75) is 64.8 Å². The van der Waals surface area contributed by atoms with E-state index < -0.39 is 23.4 Å². The fourth-order valence-electron chi connectivity index (χ4n) is 5.04. The maximum atomic E-state index is 13.4. The second kappa shape index (κ2) is 14.7. The standard InChI is InChI=1S/C37H43N7O4/c1-36(2,3)47-34(45)43-24-28(22-38-20-26-14-9-7-10-15-26)40-32(43)30-18-13-19-31(42-30)33-41-29(23-39-21-27-16-11-8-12-17-27)25-44(33)35(46)48-37(4,5)6/h7-21,28-29H,22-25H2,1-6H3/t28-,29-/m0/s1. The van der Waals surface area contributed by atoms with Gasteiger partial charge in [0.2, 0.25) is 0 Å². The maximum Gasteiger partial charge on any atom is 0.416 e. The number of aromatic nitrogens is 1. The molecule has 2 atom stereocenters. The van der Waals surface area contributed by atoms with Crippen LogP contribution in [0, 0.1) is 0 Å². The lowest BCUT2D eigenvalue weighted by atomic mass is 10.2. The summed E-state index contributed by atoms with van der Waals surface area (Å²) in [4.78, 5) is 53.6. The zero-order valence-electron chi connectivity index (χ0n) is 28.4. The Morgan fingerprint density at radius 1 is 0.667 bits per heavy atom. The molecule has 0 radical (unpaired) electrons. The summed E-state index contributed by atoms with van der Waals surface area (Å²) in [5.41, 5.74) is 1.45. The summed E-state index contributed by atoms with van der Waals surface area (Å²) in [6.07, 6.45) is 2.56. The van der Waals surface area contributed by atoms with Gasteiger partial charge < -0.3 is 9.47 Å². The first-order chi connectivity index (χ1) is 22.8. The first-order valence-corrected chi connectivity index (χ1v) is 16.1. The lowest BCUT2D eigenvalue weighted by Crippen LogP contribution is -2.41. The number of carbonyl (C=O) groups is 2. The Morgan fingerprint density at radius 2 is 1.06 bits per heavy atom. The van der Waals surface area contributed by atoms with Gasteiger partial charge in [0.1, 0.15) is 22.6 Å². The predicted molar refractivity (Wildman–Crippen MR) is 189 cm³/mol. The van der Waals surface area contributed by atoms with Crippen LogP contribution in [0.5, 0.6) is 0 Å². The van der Waals surface area contributed by atoms with Crippen molar-refractivity contribution in [2.75, 3.05) is 26.2 Å². The van der Waals surface area contributed by atoms with Crippen LogP contribution in [0.4, 0.5) is 9.59 Å². The number of nitrogens with zero attached hydrogens (tertiary/aromatic N) is 7. The van der Waals surface area contributed by atoms with Crippen LogP contribution in [-0.2, 0) is 9.47 Å². The van der Waals surface area contributed by atoms with Crippen LogP contribution in [0.15, 0.2) is 98.8 Å². The molecule has 2 amide bonds. The van der Waals surface area contributed by atoms with Crippen molar-refractivity contribution in [2.24, 2.45) is 20.0 Å². The van der Waals surface area contributed by atoms with E-state index in [0.29, 0.717) is 36.1 Å². The van der Waals surface area contributed by atoms with E-state index in [4.69, 9.17) is 24.4 Å². The van der Waals surface area contributed by atoms with E-state index in [1.54, 1.807) is 24.6 Å². The third-order valence-corrected chi connectivity index (χ3v) is 7.05. The van der Waals surface area contributed by atoms with Crippen LogP contribution in [-0.4, -0.2) is 101 Å². The van der Waals surface area contributed by atoms with Gasteiger partial charge in [0.15, 0.2) is 11.7 Å². The minimum Gasteiger partial charge on any atom is -0.443 e. The lowest BCUT2D eigenvalue weighted by Gasteiger charge is -2.26. The normalized spacial score (nSPS) is 18.4. The number of carbonyl (C=O) groups excluding carboxylic acids is 2. The molecular formula is C37H43N7O4. The highest BCUT2D eigenvalue weighted by Gasteiger charge is 2.37. The molecule has 0 aliphatic carbocycles. The Labute approximate surface area is 282 Å².